The van der Waals surface area contributed by atoms with E-state index in [4.69, 9.17) is 9.26 Å². The molecule has 0 aliphatic carbocycles. The van der Waals surface area contributed by atoms with E-state index >= 15 is 0 Å². The molecule has 0 bridgehead atoms. The van der Waals surface area contributed by atoms with E-state index < -0.39 is 29.8 Å². The van der Waals surface area contributed by atoms with Crippen molar-refractivity contribution in [3.63, 3.8) is 0 Å². The summed E-state index contributed by atoms with van der Waals surface area (Å²) < 4.78 is 46.7. The van der Waals surface area contributed by atoms with Gasteiger partial charge in [0.1, 0.15) is 11.8 Å². The van der Waals surface area contributed by atoms with Gasteiger partial charge in [-0.25, -0.2) is 0 Å². The Bertz CT molecular complexity index is 453. The summed E-state index contributed by atoms with van der Waals surface area (Å²) in [4.78, 5) is 15.8. The highest BCUT2D eigenvalue weighted by Gasteiger charge is 2.44. The van der Waals surface area contributed by atoms with Gasteiger partial charge in [-0.3, -0.25) is 4.79 Å². The molecular weight excluding hydrogens is 277 g/mol. The highest BCUT2D eigenvalue weighted by atomic mass is 19.4. The van der Waals surface area contributed by atoms with Crippen molar-refractivity contribution in [3.8, 4) is 0 Å². The standard InChI is InChI=1S/C12H17F3N2O3/c1-4-11(5-2,10(18)19-6-3)9-16-8(17-20-9)7-12(13,14)15/h4-7H2,1-3H3. The molecule has 0 N–H and O–H groups in total. The van der Waals surface area contributed by atoms with Crippen molar-refractivity contribution in [1.82, 2.24) is 10.1 Å². The smallest absolute Gasteiger partial charge is 0.396 e. The molecule has 8 heteroatoms. The summed E-state index contributed by atoms with van der Waals surface area (Å²) in [7, 11) is 0. The van der Waals surface area contributed by atoms with Gasteiger partial charge in [0.25, 0.3) is 0 Å². The summed E-state index contributed by atoms with van der Waals surface area (Å²) in [5.74, 6) is -1.17. The maximum atomic E-state index is 12.3. The molecule has 0 atom stereocenters. The Labute approximate surface area is 114 Å². The fourth-order valence-electron chi connectivity index (χ4n) is 1.90. The zero-order valence-corrected chi connectivity index (χ0v) is 11.6. The Morgan fingerprint density at radius 3 is 2.30 bits per heavy atom. The van der Waals surface area contributed by atoms with Gasteiger partial charge in [-0.05, 0) is 19.8 Å². The number of halogens is 3. The number of esters is 1. The van der Waals surface area contributed by atoms with Crippen LogP contribution < -0.4 is 0 Å². The van der Waals surface area contributed by atoms with Gasteiger partial charge >= 0.3 is 12.1 Å². The first kappa shape index (κ1) is 16.5. The topological polar surface area (TPSA) is 65.2 Å². The molecule has 0 aliphatic rings. The number of carbonyl (C=O) groups is 1. The largest absolute Gasteiger partial charge is 0.465 e. The third-order valence-corrected chi connectivity index (χ3v) is 3.11. The minimum atomic E-state index is -4.42. The summed E-state index contributed by atoms with van der Waals surface area (Å²) in [6.07, 6.45) is -5.11. The third kappa shape index (κ3) is 3.49. The second-order valence-electron chi connectivity index (χ2n) is 4.32. The van der Waals surface area contributed by atoms with Crippen LogP contribution >= 0.6 is 0 Å². The third-order valence-electron chi connectivity index (χ3n) is 3.11. The van der Waals surface area contributed by atoms with Crippen molar-refractivity contribution in [2.75, 3.05) is 6.61 Å². The molecule has 1 heterocycles. The Hall–Kier alpha value is -1.60. The molecule has 0 aromatic carbocycles. The fourth-order valence-corrected chi connectivity index (χ4v) is 1.90. The van der Waals surface area contributed by atoms with Gasteiger partial charge in [-0.2, -0.15) is 18.2 Å². The van der Waals surface area contributed by atoms with E-state index in [2.05, 4.69) is 10.1 Å². The van der Waals surface area contributed by atoms with E-state index in [0.29, 0.717) is 12.8 Å². The summed E-state index contributed by atoms with van der Waals surface area (Å²) >= 11 is 0. The van der Waals surface area contributed by atoms with E-state index in [1.807, 2.05) is 0 Å². The first-order valence-electron chi connectivity index (χ1n) is 6.36. The van der Waals surface area contributed by atoms with Gasteiger partial charge in [0.2, 0.25) is 5.89 Å². The molecule has 1 aromatic heterocycles. The van der Waals surface area contributed by atoms with Crippen molar-refractivity contribution in [2.45, 2.75) is 51.6 Å². The average Bonchev–Trinajstić information content (AvgIpc) is 2.78. The van der Waals surface area contributed by atoms with Crippen molar-refractivity contribution in [3.05, 3.63) is 11.7 Å². The number of ether oxygens (including phenoxy) is 1. The lowest BCUT2D eigenvalue weighted by atomic mass is 9.82. The van der Waals surface area contributed by atoms with Gasteiger partial charge in [0, 0.05) is 0 Å². The minimum Gasteiger partial charge on any atom is -0.465 e. The normalized spacial score (nSPS) is 12.5. The number of nitrogens with zero attached hydrogens (tertiary/aromatic N) is 2. The first-order chi connectivity index (χ1) is 9.29. The van der Waals surface area contributed by atoms with E-state index in [9.17, 15) is 18.0 Å². The Kier molecular flexibility index (Phi) is 5.13. The highest BCUT2D eigenvalue weighted by Crippen LogP contribution is 2.32. The van der Waals surface area contributed by atoms with Crippen molar-refractivity contribution >= 4 is 5.97 Å². The van der Waals surface area contributed by atoms with Crippen LogP contribution in [0.4, 0.5) is 13.2 Å². The van der Waals surface area contributed by atoms with E-state index in [1.165, 1.54) is 0 Å². The van der Waals surface area contributed by atoms with Crippen LogP contribution in [-0.2, 0) is 21.4 Å². The van der Waals surface area contributed by atoms with Crippen LogP contribution in [0.5, 0.6) is 0 Å². The van der Waals surface area contributed by atoms with Gasteiger partial charge in [-0.1, -0.05) is 19.0 Å². The lowest BCUT2D eigenvalue weighted by molar-refractivity contribution is -0.151. The predicted molar refractivity (Wildman–Crippen MR) is 63.0 cm³/mol. The number of hydrogen-bond donors (Lipinski definition) is 0. The SMILES string of the molecule is CCOC(=O)C(CC)(CC)c1nc(CC(F)(F)F)no1. The molecule has 0 spiro atoms. The van der Waals surface area contributed by atoms with Gasteiger partial charge < -0.3 is 9.26 Å². The minimum absolute atomic E-state index is 0.125. The number of rotatable bonds is 6. The zero-order chi connectivity index (χ0) is 15.4. The fraction of sp³-hybridized carbons (Fsp3) is 0.750. The molecule has 0 unspecified atom stereocenters. The maximum absolute atomic E-state index is 12.3. The van der Waals surface area contributed by atoms with Crippen LogP contribution in [0.3, 0.4) is 0 Å². The van der Waals surface area contributed by atoms with E-state index in [0.717, 1.165) is 0 Å². The zero-order valence-electron chi connectivity index (χ0n) is 11.6. The van der Waals surface area contributed by atoms with Gasteiger partial charge in [-0.15, -0.1) is 0 Å². The molecule has 5 nitrogen and oxygen atoms in total. The van der Waals surface area contributed by atoms with Gasteiger partial charge in [0.15, 0.2) is 5.82 Å². The maximum Gasteiger partial charge on any atom is 0.396 e. The molecule has 20 heavy (non-hydrogen) atoms. The van der Waals surface area contributed by atoms with Crippen LogP contribution in [0.15, 0.2) is 4.52 Å². The number of alkyl halides is 3. The molecule has 0 amide bonds. The average molecular weight is 294 g/mol. The molecule has 0 aliphatic heterocycles. The van der Waals surface area contributed by atoms with Crippen LogP contribution in [0, 0.1) is 0 Å². The second kappa shape index (κ2) is 6.23. The first-order valence-corrected chi connectivity index (χ1v) is 6.36. The van der Waals surface area contributed by atoms with Crippen molar-refractivity contribution in [1.29, 1.82) is 0 Å². The Morgan fingerprint density at radius 2 is 1.85 bits per heavy atom. The summed E-state index contributed by atoms with van der Waals surface area (Å²) in [5.41, 5.74) is -1.19. The highest BCUT2D eigenvalue weighted by molar-refractivity contribution is 5.81. The molecule has 0 saturated heterocycles. The van der Waals surface area contributed by atoms with Crippen molar-refractivity contribution < 1.29 is 27.2 Å². The summed E-state index contributed by atoms with van der Waals surface area (Å²) in [5, 5.41) is 3.29. The van der Waals surface area contributed by atoms with Crippen LogP contribution in [0.2, 0.25) is 0 Å². The Morgan fingerprint density at radius 1 is 1.25 bits per heavy atom. The lowest BCUT2D eigenvalue weighted by Gasteiger charge is -2.24. The molecule has 1 aromatic rings. The number of carbonyl (C=O) groups excluding carboxylic acids is 1. The number of hydrogen-bond acceptors (Lipinski definition) is 5. The lowest BCUT2D eigenvalue weighted by Crippen LogP contribution is -2.37. The molecular formula is C12H17F3N2O3. The van der Waals surface area contributed by atoms with Crippen LogP contribution in [-0.4, -0.2) is 28.9 Å². The Balaban J connectivity index is 3.07. The van der Waals surface area contributed by atoms with E-state index in [-0.39, 0.29) is 12.5 Å². The predicted octanol–water partition coefficient (Wildman–Crippen LogP) is 2.80. The van der Waals surface area contributed by atoms with Crippen molar-refractivity contribution in [2.24, 2.45) is 0 Å². The molecule has 0 radical (unpaired) electrons. The molecule has 1 rings (SSSR count). The van der Waals surface area contributed by atoms with Gasteiger partial charge in [0.05, 0.1) is 6.61 Å². The summed E-state index contributed by atoms with van der Waals surface area (Å²) in [6, 6.07) is 0. The molecule has 114 valence electrons. The summed E-state index contributed by atoms with van der Waals surface area (Å²) in [6.45, 7) is 5.25. The van der Waals surface area contributed by atoms with Crippen LogP contribution in [0.25, 0.3) is 0 Å². The molecule has 0 saturated carbocycles. The van der Waals surface area contributed by atoms with Crippen LogP contribution in [0.1, 0.15) is 45.3 Å². The second-order valence-corrected chi connectivity index (χ2v) is 4.32. The van der Waals surface area contributed by atoms with E-state index in [1.54, 1.807) is 20.8 Å². The number of aromatic nitrogens is 2. The monoisotopic (exact) mass is 294 g/mol. The quantitative estimate of drug-likeness (QED) is 0.755. The molecule has 0 fully saturated rings.